The van der Waals surface area contributed by atoms with Gasteiger partial charge in [-0.15, -0.1) is 0 Å². The van der Waals surface area contributed by atoms with Crippen molar-refractivity contribution in [1.29, 1.82) is 0 Å². The van der Waals surface area contributed by atoms with Crippen molar-refractivity contribution in [2.45, 2.75) is 13.0 Å². The first-order chi connectivity index (χ1) is 12.8. The molecule has 2 rings (SSSR count). The lowest BCUT2D eigenvalue weighted by Crippen LogP contribution is -2.40. The maximum absolute atomic E-state index is 12.1. The normalized spacial score (nSPS) is 11.7. The van der Waals surface area contributed by atoms with Gasteiger partial charge in [0.1, 0.15) is 5.69 Å². The highest BCUT2D eigenvalue weighted by atomic mass is 16.6. The summed E-state index contributed by atoms with van der Waals surface area (Å²) in [5.41, 5.74) is 1.41. The quantitative estimate of drug-likeness (QED) is 0.461. The van der Waals surface area contributed by atoms with E-state index < -0.39 is 16.7 Å². The fourth-order valence-electron chi connectivity index (χ4n) is 2.62. The van der Waals surface area contributed by atoms with Crippen LogP contribution in [0, 0.1) is 17.0 Å². The average molecular weight is 370 g/mol. The Labute approximate surface area is 157 Å². The van der Waals surface area contributed by atoms with E-state index in [4.69, 9.17) is 0 Å². The van der Waals surface area contributed by atoms with E-state index in [0.717, 1.165) is 5.56 Å². The molecule has 0 aromatic heterocycles. The third-order valence-corrected chi connectivity index (χ3v) is 4.07. The monoisotopic (exact) mass is 370 g/mol. The summed E-state index contributed by atoms with van der Waals surface area (Å²) >= 11 is 0. The molecule has 0 saturated heterocycles. The Kier molecular flexibility index (Phi) is 6.62. The van der Waals surface area contributed by atoms with Gasteiger partial charge in [0.25, 0.3) is 5.69 Å². The number of nitrogens with zero attached hydrogens (tertiary/aromatic N) is 2. The van der Waals surface area contributed by atoms with Crippen molar-refractivity contribution in [3.63, 3.8) is 0 Å². The van der Waals surface area contributed by atoms with Crippen molar-refractivity contribution in [2.75, 3.05) is 26.0 Å². The van der Waals surface area contributed by atoms with Crippen LogP contribution in [0.25, 0.3) is 0 Å². The molecule has 0 saturated carbocycles. The Morgan fingerprint density at radius 3 is 2.37 bits per heavy atom. The van der Waals surface area contributed by atoms with Crippen molar-refractivity contribution in [1.82, 2.24) is 10.2 Å². The van der Waals surface area contributed by atoms with Crippen LogP contribution in [0.3, 0.4) is 0 Å². The lowest BCUT2D eigenvalue weighted by Gasteiger charge is -2.25. The van der Waals surface area contributed by atoms with E-state index in [1.54, 1.807) is 13.0 Å². The van der Waals surface area contributed by atoms with Crippen molar-refractivity contribution < 1.29 is 14.5 Å². The van der Waals surface area contributed by atoms with Crippen LogP contribution in [-0.4, -0.2) is 42.3 Å². The number of carbonyl (C=O) groups excluding carboxylic acids is 2. The van der Waals surface area contributed by atoms with Crippen molar-refractivity contribution in [2.24, 2.45) is 0 Å². The molecule has 8 heteroatoms. The molecule has 2 N–H and O–H groups in total. The number of benzene rings is 2. The largest absolute Gasteiger partial charge is 0.346 e. The van der Waals surface area contributed by atoms with Crippen LogP contribution in [-0.2, 0) is 9.59 Å². The fraction of sp³-hybridized carbons (Fsp3) is 0.263. The molecule has 0 aliphatic rings. The second-order valence-electron chi connectivity index (χ2n) is 6.33. The van der Waals surface area contributed by atoms with Gasteiger partial charge in [-0.05, 0) is 38.2 Å². The lowest BCUT2D eigenvalue weighted by molar-refractivity contribution is -0.384. The van der Waals surface area contributed by atoms with Crippen LogP contribution < -0.4 is 10.6 Å². The summed E-state index contributed by atoms with van der Waals surface area (Å²) in [5, 5.41) is 16.0. The number of nitro groups is 1. The second-order valence-corrected chi connectivity index (χ2v) is 6.33. The SMILES string of the molecule is Cc1ccc(NC(=O)C(=O)NC[C@@H](c2ccccc2)N(C)C)c([N+](=O)[O-])c1. The summed E-state index contributed by atoms with van der Waals surface area (Å²) < 4.78 is 0. The standard InChI is InChI=1S/C19H22N4O4/c1-13-9-10-15(16(11-13)23(26)27)21-19(25)18(24)20-12-17(22(2)3)14-7-5-4-6-8-14/h4-11,17H,12H2,1-3H3,(H,20,24)(H,21,25)/t17-/m0/s1. The van der Waals surface area contributed by atoms with Gasteiger partial charge in [0.05, 0.1) is 11.0 Å². The number of anilines is 1. The molecule has 0 bridgehead atoms. The molecule has 0 unspecified atom stereocenters. The van der Waals surface area contributed by atoms with E-state index in [1.807, 2.05) is 49.3 Å². The number of nitrogens with one attached hydrogen (secondary N) is 2. The molecule has 142 valence electrons. The molecule has 0 aliphatic carbocycles. The highest BCUT2D eigenvalue weighted by Gasteiger charge is 2.22. The summed E-state index contributed by atoms with van der Waals surface area (Å²) in [6.07, 6.45) is 0. The minimum absolute atomic E-state index is 0.0158. The van der Waals surface area contributed by atoms with Crippen molar-refractivity contribution in [3.8, 4) is 0 Å². The summed E-state index contributed by atoms with van der Waals surface area (Å²) in [6.45, 7) is 1.93. The van der Waals surface area contributed by atoms with E-state index in [-0.39, 0.29) is 24.0 Å². The molecule has 8 nitrogen and oxygen atoms in total. The smallest absolute Gasteiger partial charge is 0.313 e. The summed E-state index contributed by atoms with van der Waals surface area (Å²) in [5.74, 6) is -1.81. The van der Waals surface area contributed by atoms with Gasteiger partial charge in [0.15, 0.2) is 0 Å². The first kappa shape index (κ1) is 20.1. The Morgan fingerprint density at radius 2 is 1.78 bits per heavy atom. The van der Waals surface area contributed by atoms with Crippen LogP contribution >= 0.6 is 0 Å². The third kappa shape index (κ3) is 5.35. The van der Waals surface area contributed by atoms with Gasteiger partial charge < -0.3 is 15.5 Å². The van der Waals surface area contributed by atoms with Gasteiger partial charge in [-0.2, -0.15) is 0 Å². The number of likely N-dealkylation sites (N-methyl/N-ethyl adjacent to an activating group) is 1. The van der Waals surface area contributed by atoms with Gasteiger partial charge in [0.2, 0.25) is 0 Å². The average Bonchev–Trinajstić information content (AvgIpc) is 2.63. The summed E-state index contributed by atoms with van der Waals surface area (Å²) in [7, 11) is 3.75. The third-order valence-electron chi connectivity index (χ3n) is 4.07. The second kappa shape index (κ2) is 8.91. The van der Waals surface area contributed by atoms with Gasteiger partial charge in [0, 0.05) is 12.6 Å². The first-order valence-electron chi connectivity index (χ1n) is 8.35. The van der Waals surface area contributed by atoms with E-state index in [2.05, 4.69) is 10.6 Å². The minimum atomic E-state index is -0.951. The van der Waals surface area contributed by atoms with Crippen LogP contribution in [0.1, 0.15) is 17.2 Å². The molecule has 0 radical (unpaired) electrons. The maximum atomic E-state index is 12.1. The number of hydrogen-bond donors (Lipinski definition) is 2. The highest BCUT2D eigenvalue weighted by Crippen LogP contribution is 2.25. The molecule has 0 fully saturated rings. The predicted molar refractivity (Wildman–Crippen MR) is 102 cm³/mol. The molecular formula is C19H22N4O4. The van der Waals surface area contributed by atoms with Gasteiger partial charge in [-0.3, -0.25) is 19.7 Å². The molecule has 0 aliphatic heterocycles. The molecule has 0 heterocycles. The van der Waals surface area contributed by atoms with Crippen molar-refractivity contribution >= 4 is 23.2 Å². The Hall–Kier alpha value is -3.26. The van der Waals surface area contributed by atoms with Crippen LogP contribution in [0.2, 0.25) is 0 Å². The molecule has 2 amide bonds. The number of carbonyl (C=O) groups is 2. The van der Waals surface area contributed by atoms with Gasteiger partial charge in [-0.1, -0.05) is 36.4 Å². The number of rotatable bonds is 6. The van der Waals surface area contributed by atoms with Crippen LogP contribution in [0.5, 0.6) is 0 Å². The zero-order valence-corrected chi connectivity index (χ0v) is 15.4. The molecule has 1 atom stereocenters. The Balaban J connectivity index is 2.04. The summed E-state index contributed by atoms with van der Waals surface area (Å²) in [6, 6.07) is 13.8. The minimum Gasteiger partial charge on any atom is -0.346 e. The number of amides is 2. The molecular weight excluding hydrogens is 348 g/mol. The molecule has 2 aromatic carbocycles. The van der Waals surface area contributed by atoms with Crippen LogP contribution in [0.15, 0.2) is 48.5 Å². The highest BCUT2D eigenvalue weighted by molar-refractivity contribution is 6.39. The summed E-state index contributed by atoms with van der Waals surface area (Å²) in [4.78, 5) is 36.7. The zero-order valence-electron chi connectivity index (χ0n) is 15.4. The van der Waals surface area contributed by atoms with Gasteiger partial charge >= 0.3 is 11.8 Å². The lowest BCUT2D eigenvalue weighted by atomic mass is 10.1. The van der Waals surface area contributed by atoms with Crippen molar-refractivity contribution in [3.05, 3.63) is 69.8 Å². The fourth-order valence-corrected chi connectivity index (χ4v) is 2.62. The molecule has 2 aromatic rings. The molecule has 27 heavy (non-hydrogen) atoms. The number of nitro benzene ring substituents is 1. The van der Waals surface area contributed by atoms with E-state index >= 15 is 0 Å². The predicted octanol–water partition coefficient (Wildman–Crippen LogP) is 2.26. The maximum Gasteiger partial charge on any atom is 0.313 e. The van der Waals surface area contributed by atoms with Crippen LogP contribution in [0.4, 0.5) is 11.4 Å². The van der Waals surface area contributed by atoms with E-state index in [9.17, 15) is 19.7 Å². The Bertz CT molecular complexity index is 837. The first-order valence-corrected chi connectivity index (χ1v) is 8.35. The van der Waals surface area contributed by atoms with E-state index in [0.29, 0.717) is 5.56 Å². The van der Waals surface area contributed by atoms with Gasteiger partial charge in [-0.25, -0.2) is 0 Å². The topological polar surface area (TPSA) is 105 Å². The number of hydrogen-bond acceptors (Lipinski definition) is 5. The zero-order chi connectivity index (χ0) is 20.0. The molecule has 0 spiro atoms. The number of aryl methyl sites for hydroxylation is 1. The van der Waals surface area contributed by atoms with E-state index in [1.165, 1.54) is 12.1 Å². The Morgan fingerprint density at radius 1 is 1.11 bits per heavy atom.